The minimum Gasteiger partial charge on any atom is -0.454 e. The number of fused-ring (bicyclic) bond motifs is 1. The van der Waals surface area contributed by atoms with Crippen LogP contribution in [0.4, 0.5) is 0 Å². The van der Waals surface area contributed by atoms with Crippen LogP contribution in [-0.2, 0) is 11.3 Å². The zero-order valence-electron chi connectivity index (χ0n) is 12.1. The van der Waals surface area contributed by atoms with Gasteiger partial charge in [-0.15, -0.1) is 0 Å². The van der Waals surface area contributed by atoms with Gasteiger partial charge in [-0.25, -0.2) is 0 Å². The molecule has 0 aliphatic carbocycles. The SMILES string of the molecule is COCc1cc2c(cc1C1CC(CN)CN1C)OCO2. The number of rotatable bonds is 4. The summed E-state index contributed by atoms with van der Waals surface area (Å²) in [4.78, 5) is 2.37. The van der Waals surface area contributed by atoms with E-state index >= 15 is 0 Å². The van der Waals surface area contributed by atoms with Crippen molar-refractivity contribution in [3.05, 3.63) is 23.3 Å². The third kappa shape index (κ3) is 2.37. The molecule has 2 aliphatic rings. The van der Waals surface area contributed by atoms with Gasteiger partial charge in [-0.2, -0.15) is 0 Å². The highest BCUT2D eigenvalue weighted by molar-refractivity contribution is 5.49. The Labute approximate surface area is 119 Å². The molecule has 110 valence electrons. The Morgan fingerprint density at radius 1 is 1.35 bits per heavy atom. The van der Waals surface area contributed by atoms with Crippen LogP contribution in [0, 0.1) is 5.92 Å². The highest BCUT2D eigenvalue weighted by atomic mass is 16.7. The van der Waals surface area contributed by atoms with Gasteiger partial charge in [0.25, 0.3) is 0 Å². The Kier molecular flexibility index (Phi) is 3.83. The van der Waals surface area contributed by atoms with E-state index in [0.29, 0.717) is 25.4 Å². The fourth-order valence-electron chi connectivity index (χ4n) is 3.23. The monoisotopic (exact) mass is 278 g/mol. The van der Waals surface area contributed by atoms with E-state index in [4.69, 9.17) is 19.9 Å². The van der Waals surface area contributed by atoms with E-state index in [-0.39, 0.29) is 0 Å². The molecule has 1 saturated heterocycles. The van der Waals surface area contributed by atoms with Crippen LogP contribution in [0.5, 0.6) is 11.5 Å². The predicted molar refractivity (Wildman–Crippen MR) is 75.8 cm³/mol. The van der Waals surface area contributed by atoms with Crippen LogP contribution in [0.25, 0.3) is 0 Å². The van der Waals surface area contributed by atoms with Crippen LogP contribution in [0.3, 0.4) is 0 Å². The maximum absolute atomic E-state index is 5.83. The van der Waals surface area contributed by atoms with Crippen LogP contribution >= 0.6 is 0 Å². The lowest BCUT2D eigenvalue weighted by Crippen LogP contribution is -2.21. The first-order chi connectivity index (χ1) is 9.72. The highest BCUT2D eigenvalue weighted by Gasteiger charge is 2.32. The van der Waals surface area contributed by atoms with Gasteiger partial charge < -0.3 is 19.9 Å². The summed E-state index contributed by atoms with van der Waals surface area (Å²) in [7, 11) is 3.87. The summed E-state index contributed by atoms with van der Waals surface area (Å²) in [6.07, 6.45) is 1.09. The van der Waals surface area contributed by atoms with Gasteiger partial charge in [0.05, 0.1) is 6.61 Å². The zero-order chi connectivity index (χ0) is 14.1. The van der Waals surface area contributed by atoms with Crippen molar-refractivity contribution in [2.24, 2.45) is 11.7 Å². The molecule has 5 heteroatoms. The first kappa shape index (κ1) is 13.7. The van der Waals surface area contributed by atoms with Crippen molar-refractivity contribution in [2.75, 3.05) is 34.0 Å². The first-order valence-corrected chi connectivity index (χ1v) is 7.04. The van der Waals surface area contributed by atoms with Crippen molar-refractivity contribution in [1.82, 2.24) is 4.90 Å². The molecule has 0 saturated carbocycles. The molecule has 1 aromatic carbocycles. The van der Waals surface area contributed by atoms with E-state index < -0.39 is 0 Å². The maximum Gasteiger partial charge on any atom is 0.231 e. The predicted octanol–water partition coefficient (Wildman–Crippen LogP) is 1.51. The molecule has 0 bridgehead atoms. The van der Waals surface area contributed by atoms with Gasteiger partial charge in [0, 0.05) is 19.7 Å². The molecule has 2 N–H and O–H groups in total. The van der Waals surface area contributed by atoms with Crippen molar-refractivity contribution in [3.8, 4) is 11.5 Å². The first-order valence-electron chi connectivity index (χ1n) is 7.04. The second-order valence-electron chi connectivity index (χ2n) is 5.63. The van der Waals surface area contributed by atoms with Gasteiger partial charge in [-0.05, 0) is 49.2 Å². The summed E-state index contributed by atoms with van der Waals surface area (Å²) < 4.78 is 16.3. The molecular formula is C15H22N2O3. The summed E-state index contributed by atoms with van der Waals surface area (Å²) in [6.45, 7) is 2.67. The summed E-state index contributed by atoms with van der Waals surface area (Å²) in [5.74, 6) is 2.21. The van der Waals surface area contributed by atoms with Gasteiger partial charge in [0.15, 0.2) is 11.5 Å². The summed E-state index contributed by atoms with van der Waals surface area (Å²) in [6, 6.07) is 4.53. The average molecular weight is 278 g/mol. The van der Waals surface area contributed by atoms with Crippen LogP contribution < -0.4 is 15.2 Å². The number of hydrogen-bond acceptors (Lipinski definition) is 5. The third-order valence-corrected chi connectivity index (χ3v) is 4.26. The molecule has 0 amide bonds. The fraction of sp³-hybridized carbons (Fsp3) is 0.600. The molecular weight excluding hydrogens is 256 g/mol. The van der Waals surface area contributed by atoms with Gasteiger partial charge in [0.1, 0.15) is 0 Å². The molecule has 0 radical (unpaired) electrons. The summed E-state index contributed by atoms with van der Waals surface area (Å²) in [5, 5.41) is 0. The third-order valence-electron chi connectivity index (χ3n) is 4.26. The molecule has 0 spiro atoms. The molecule has 0 aromatic heterocycles. The van der Waals surface area contributed by atoms with Crippen LogP contribution in [-0.4, -0.2) is 38.9 Å². The van der Waals surface area contributed by atoms with Crippen molar-refractivity contribution in [3.63, 3.8) is 0 Å². The minimum atomic E-state index is 0.303. The van der Waals surface area contributed by atoms with E-state index in [2.05, 4.69) is 18.0 Å². The smallest absolute Gasteiger partial charge is 0.231 e. The van der Waals surface area contributed by atoms with Crippen molar-refractivity contribution >= 4 is 0 Å². The van der Waals surface area contributed by atoms with E-state index in [9.17, 15) is 0 Å². The maximum atomic E-state index is 5.83. The molecule has 2 heterocycles. The Morgan fingerprint density at radius 2 is 2.10 bits per heavy atom. The van der Waals surface area contributed by atoms with Crippen LogP contribution in [0.2, 0.25) is 0 Å². The lowest BCUT2D eigenvalue weighted by Gasteiger charge is -2.22. The highest BCUT2D eigenvalue weighted by Crippen LogP contribution is 2.42. The van der Waals surface area contributed by atoms with Crippen molar-refractivity contribution < 1.29 is 14.2 Å². The van der Waals surface area contributed by atoms with E-state index in [0.717, 1.165) is 31.0 Å². The lowest BCUT2D eigenvalue weighted by molar-refractivity contribution is 0.173. The molecule has 2 unspecified atom stereocenters. The Bertz CT molecular complexity index is 492. The zero-order valence-corrected chi connectivity index (χ0v) is 12.1. The fourth-order valence-corrected chi connectivity index (χ4v) is 3.23. The van der Waals surface area contributed by atoms with Gasteiger partial charge in [-0.1, -0.05) is 0 Å². The number of benzene rings is 1. The van der Waals surface area contributed by atoms with Gasteiger partial charge >= 0.3 is 0 Å². The topological polar surface area (TPSA) is 57.0 Å². The number of ether oxygens (including phenoxy) is 3. The molecule has 1 fully saturated rings. The molecule has 1 aromatic rings. The Hall–Kier alpha value is -1.30. The number of methoxy groups -OCH3 is 1. The lowest BCUT2D eigenvalue weighted by atomic mass is 9.95. The van der Waals surface area contributed by atoms with E-state index in [1.54, 1.807) is 7.11 Å². The molecule has 2 atom stereocenters. The van der Waals surface area contributed by atoms with E-state index in [1.165, 1.54) is 11.1 Å². The number of likely N-dealkylation sites (tertiary alicyclic amines) is 1. The van der Waals surface area contributed by atoms with Gasteiger partial charge in [-0.3, -0.25) is 4.90 Å². The number of nitrogens with two attached hydrogens (primary N) is 1. The van der Waals surface area contributed by atoms with Crippen molar-refractivity contribution in [1.29, 1.82) is 0 Å². The van der Waals surface area contributed by atoms with Crippen LogP contribution in [0.1, 0.15) is 23.6 Å². The normalized spacial score (nSPS) is 25.4. The molecule has 3 rings (SSSR count). The minimum absolute atomic E-state index is 0.303. The quantitative estimate of drug-likeness (QED) is 0.905. The van der Waals surface area contributed by atoms with E-state index in [1.807, 2.05) is 6.07 Å². The molecule has 20 heavy (non-hydrogen) atoms. The summed E-state index contributed by atoms with van der Waals surface area (Å²) in [5.41, 5.74) is 8.27. The molecule has 5 nitrogen and oxygen atoms in total. The number of hydrogen-bond donors (Lipinski definition) is 1. The van der Waals surface area contributed by atoms with Gasteiger partial charge in [0.2, 0.25) is 6.79 Å². The second-order valence-corrected chi connectivity index (χ2v) is 5.63. The summed E-state index contributed by atoms with van der Waals surface area (Å²) >= 11 is 0. The standard InChI is InChI=1S/C15H22N2O3/c1-17-7-10(6-16)3-13(17)12-5-15-14(19-9-20-15)4-11(12)8-18-2/h4-5,10,13H,3,6-9,16H2,1-2H3. The van der Waals surface area contributed by atoms with Crippen molar-refractivity contribution in [2.45, 2.75) is 19.1 Å². The largest absolute Gasteiger partial charge is 0.454 e. The molecule has 2 aliphatic heterocycles. The second kappa shape index (κ2) is 5.60. The Morgan fingerprint density at radius 3 is 2.75 bits per heavy atom. The number of nitrogens with zero attached hydrogens (tertiary/aromatic N) is 1. The Balaban J connectivity index is 1.95. The van der Waals surface area contributed by atoms with Crippen LogP contribution in [0.15, 0.2) is 12.1 Å². The average Bonchev–Trinajstić information content (AvgIpc) is 3.04.